The van der Waals surface area contributed by atoms with Gasteiger partial charge < -0.3 is 9.47 Å². The Bertz CT molecular complexity index is 796. The normalized spacial score (nSPS) is 17.9. The lowest BCUT2D eigenvalue weighted by atomic mass is 9.92. The molecule has 0 aliphatic carbocycles. The molecule has 1 aromatic rings. The molecule has 1 atom stereocenters. The number of carbonyl (C=O) groups is 2. The van der Waals surface area contributed by atoms with Crippen LogP contribution in [0.15, 0.2) is 24.0 Å². The summed E-state index contributed by atoms with van der Waals surface area (Å²) in [6.07, 6.45) is -0.639. The average molecular weight is 389 g/mol. The van der Waals surface area contributed by atoms with Crippen molar-refractivity contribution in [3.8, 4) is 0 Å². The van der Waals surface area contributed by atoms with Gasteiger partial charge in [-0.3, -0.25) is 9.59 Å². The fraction of sp³-hybridized carbons (Fsp3) is 0.545. The molecular formula is C22H31NO5. The van der Waals surface area contributed by atoms with Crippen molar-refractivity contribution in [3.63, 3.8) is 0 Å². The summed E-state index contributed by atoms with van der Waals surface area (Å²) in [7, 11) is 1.50. The zero-order chi connectivity index (χ0) is 21.4. The summed E-state index contributed by atoms with van der Waals surface area (Å²) in [6, 6.07) is 5.79. The number of esters is 1. The van der Waals surface area contributed by atoms with Crippen LogP contribution in [-0.2, 0) is 23.9 Å². The number of benzene rings is 1. The molecule has 2 rings (SSSR count). The fourth-order valence-corrected chi connectivity index (χ4v) is 3.07. The van der Waals surface area contributed by atoms with Gasteiger partial charge in [0.2, 0.25) is 0 Å². The quantitative estimate of drug-likeness (QED) is 0.559. The first-order valence-corrected chi connectivity index (χ1v) is 9.40. The van der Waals surface area contributed by atoms with Crippen LogP contribution in [0.25, 0.3) is 5.57 Å². The van der Waals surface area contributed by atoms with Crippen molar-refractivity contribution in [1.82, 2.24) is 5.06 Å². The van der Waals surface area contributed by atoms with Gasteiger partial charge in [-0.1, -0.05) is 18.2 Å². The van der Waals surface area contributed by atoms with Gasteiger partial charge in [-0.15, -0.1) is 0 Å². The lowest BCUT2D eigenvalue weighted by Crippen LogP contribution is -2.46. The first kappa shape index (κ1) is 22.1. The Kier molecular flexibility index (Phi) is 6.07. The van der Waals surface area contributed by atoms with Crippen molar-refractivity contribution in [2.75, 3.05) is 7.11 Å². The van der Waals surface area contributed by atoms with Gasteiger partial charge in [0, 0.05) is 7.11 Å². The van der Waals surface area contributed by atoms with Gasteiger partial charge in [-0.05, 0) is 72.1 Å². The Morgan fingerprint density at radius 3 is 2.14 bits per heavy atom. The Morgan fingerprint density at radius 1 is 1.14 bits per heavy atom. The lowest BCUT2D eigenvalue weighted by molar-refractivity contribution is -0.276. The molecule has 0 N–H and O–H groups in total. The molecule has 0 fully saturated rings. The maximum absolute atomic E-state index is 13.4. The monoisotopic (exact) mass is 389 g/mol. The predicted octanol–water partition coefficient (Wildman–Crippen LogP) is 4.15. The highest BCUT2D eigenvalue weighted by molar-refractivity contribution is 6.23. The second kappa shape index (κ2) is 7.68. The Balaban J connectivity index is 2.69. The second-order valence-electron chi connectivity index (χ2n) is 8.68. The zero-order valence-corrected chi connectivity index (χ0v) is 18.3. The maximum atomic E-state index is 13.4. The molecule has 1 aliphatic heterocycles. The molecule has 0 saturated heterocycles. The van der Waals surface area contributed by atoms with Crippen molar-refractivity contribution in [2.45, 2.75) is 67.2 Å². The molecule has 1 aliphatic rings. The molecule has 0 bridgehead atoms. The minimum atomic E-state index is -0.991. The van der Waals surface area contributed by atoms with E-state index in [9.17, 15) is 9.59 Å². The van der Waals surface area contributed by atoms with Gasteiger partial charge >= 0.3 is 5.97 Å². The summed E-state index contributed by atoms with van der Waals surface area (Å²) < 4.78 is 11.0. The smallest absolute Gasteiger partial charge is 0.316 e. The van der Waals surface area contributed by atoms with E-state index in [4.69, 9.17) is 14.3 Å². The van der Waals surface area contributed by atoms with Crippen molar-refractivity contribution in [3.05, 3.63) is 40.6 Å². The van der Waals surface area contributed by atoms with Crippen LogP contribution in [0.3, 0.4) is 0 Å². The summed E-state index contributed by atoms with van der Waals surface area (Å²) in [5, 5.41) is 1.24. The van der Waals surface area contributed by atoms with Crippen molar-refractivity contribution in [1.29, 1.82) is 0 Å². The van der Waals surface area contributed by atoms with Gasteiger partial charge in [-0.2, -0.15) is 0 Å². The highest BCUT2D eigenvalue weighted by Gasteiger charge is 2.51. The van der Waals surface area contributed by atoms with Crippen LogP contribution in [0, 0.1) is 19.3 Å². The van der Waals surface area contributed by atoms with Gasteiger partial charge in [0.05, 0.1) is 11.0 Å². The number of carbonyl (C=O) groups excluding carboxylic acids is 2. The largest absolute Gasteiger partial charge is 0.427 e. The van der Waals surface area contributed by atoms with Crippen molar-refractivity contribution >= 4 is 17.4 Å². The van der Waals surface area contributed by atoms with Crippen LogP contribution in [-0.4, -0.2) is 35.9 Å². The molecule has 1 heterocycles. The van der Waals surface area contributed by atoms with E-state index in [2.05, 4.69) is 0 Å². The Labute approximate surface area is 167 Å². The zero-order valence-electron chi connectivity index (χ0n) is 18.3. The predicted molar refractivity (Wildman–Crippen MR) is 107 cm³/mol. The minimum Gasteiger partial charge on any atom is -0.427 e. The lowest BCUT2D eigenvalue weighted by Gasteiger charge is -2.34. The van der Waals surface area contributed by atoms with E-state index in [1.54, 1.807) is 41.5 Å². The number of hydrogen-bond donors (Lipinski definition) is 0. The van der Waals surface area contributed by atoms with Crippen LogP contribution in [0.2, 0.25) is 0 Å². The highest BCUT2D eigenvalue weighted by atomic mass is 16.8. The van der Waals surface area contributed by atoms with E-state index in [1.165, 1.54) is 12.2 Å². The van der Waals surface area contributed by atoms with Crippen LogP contribution in [0.5, 0.6) is 0 Å². The average Bonchev–Trinajstić information content (AvgIpc) is 2.75. The van der Waals surface area contributed by atoms with Crippen LogP contribution >= 0.6 is 0 Å². The topological polar surface area (TPSA) is 65.1 Å². The fourth-order valence-electron chi connectivity index (χ4n) is 3.07. The number of methoxy groups -OCH3 is 1. The number of amides is 1. The molecule has 0 spiro atoms. The van der Waals surface area contributed by atoms with E-state index in [-0.39, 0.29) is 11.7 Å². The third-order valence-corrected chi connectivity index (χ3v) is 4.81. The summed E-state index contributed by atoms with van der Waals surface area (Å²) in [5.74, 6) is -0.477. The molecule has 0 aromatic heterocycles. The number of rotatable bonds is 5. The standard InChI is InChI=1S/C22H31NO5/c1-13-11-10-12-14(2)16(13)17-18(27-20(25)21(4,5)6)22(7,8)23(19(17)24)28-15(3)26-9/h10-12,15H,1-9H3. The number of hydrogen-bond acceptors (Lipinski definition) is 5. The van der Waals surface area contributed by atoms with Gasteiger partial charge in [0.15, 0.2) is 6.29 Å². The molecule has 6 nitrogen and oxygen atoms in total. The number of hydroxylamine groups is 2. The second-order valence-corrected chi connectivity index (χ2v) is 8.68. The molecular weight excluding hydrogens is 358 g/mol. The third-order valence-electron chi connectivity index (χ3n) is 4.81. The Hall–Kier alpha value is -2.18. The summed E-state index contributed by atoms with van der Waals surface area (Å²) in [4.78, 5) is 31.9. The summed E-state index contributed by atoms with van der Waals surface area (Å²) in [6.45, 7) is 14.5. The molecule has 1 unspecified atom stereocenters. The van der Waals surface area contributed by atoms with Crippen LogP contribution < -0.4 is 0 Å². The summed E-state index contributed by atoms with van der Waals surface area (Å²) in [5.41, 5.74) is 1.24. The van der Waals surface area contributed by atoms with E-state index in [1.807, 2.05) is 32.0 Å². The molecule has 28 heavy (non-hydrogen) atoms. The van der Waals surface area contributed by atoms with Crippen molar-refractivity contribution < 1.29 is 23.9 Å². The van der Waals surface area contributed by atoms with Crippen molar-refractivity contribution in [2.24, 2.45) is 5.41 Å². The van der Waals surface area contributed by atoms with E-state index in [0.29, 0.717) is 5.57 Å². The summed E-state index contributed by atoms with van der Waals surface area (Å²) >= 11 is 0. The van der Waals surface area contributed by atoms with Gasteiger partial charge in [-0.25, -0.2) is 9.90 Å². The SMILES string of the molecule is COC(C)ON1C(=O)C(c2c(C)cccc2C)=C(OC(=O)C(C)(C)C)C1(C)C. The van der Waals surface area contributed by atoms with Crippen LogP contribution in [0.1, 0.15) is 58.2 Å². The van der Waals surface area contributed by atoms with E-state index >= 15 is 0 Å². The van der Waals surface area contributed by atoms with Gasteiger partial charge in [0.1, 0.15) is 11.3 Å². The first-order chi connectivity index (χ1) is 12.8. The third kappa shape index (κ3) is 3.98. The molecule has 1 amide bonds. The number of nitrogens with zero attached hydrogens (tertiary/aromatic N) is 1. The molecule has 1 aromatic carbocycles. The van der Waals surface area contributed by atoms with E-state index < -0.39 is 23.2 Å². The number of aryl methyl sites for hydroxylation is 2. The molecule has 0 saturated carbocycles. The molecule has 0 radical (unpaired) electrons. The van der Waals surface area contributed by atoms with E-state index in [0.717, 1.165) is 16.7 Å². The Morgan fingerprint density at radius 2 is 1.68 bits per heavy atom. The number of ether oxygens (including phenoxy) is 2. The molecule has 154 valence electrons. The van der Waals surface area contributed by atoms with Crippen LogP contribution in [0.4, 0.5) is 0 Å². The maximum Gasteiger partial charge on any atom is 0.316 e. The minimum absolute atomic E-state index is 0.290. The van der Waals surface area contributed by atoms with Gasteiger partial charge in [0.25, 0.3) is 5.91 Å². The highest BCUT2D eigenvalue weighted by Crippen LogP contribution is 2.43. The first-order valence-electron chi connectivity index (χ1n) is 9.40. The molecule has 6 heteroatoms.